The minimum absolute atomic E-state index is 0.110. The van der Waals surface area contributed by atoms with E-state index in [1.165, 1.54) is 20.5 Å². The summed E-state index contributed by atoms with van der Waals surface area (Å²) in [6.07, 6.45) is 3.41. The number of esters is 1. The Bertz CT molecular complexity index is 1670. The number of benzene rings is 3. The Labute approximate surface area is 271 Å². The van der Waals surface area contributed by atoms with Gasteiger partial charge in [-0.2, -0.15) is 5.10 Å². The summed E-state index contributed by atoms with van der Waals surface area (Å²) < 4.78 is 12.7. The zero-order chi connectivity index (χ0) is 31.7. The third kappa shape index (κ3) is 8.06. The Balaban J connectivity index is 0.000000201. The standard InChI is InChI=1S/C18H19NO4.C14H15Cl2N3OS/c1-13-8-4-7-11-16(13)23-12-14-9-5-6-10-15(14)17(19-22-3)18(20)21-2;15-11-4-2-1-3-10(11)7-14(20,13(16)5-6-13)8-19-12(21)17-9-18-19/h4-11H,12H2,1-3H3;1-4,9,20H,5-8H2,(H,17,18,21)/b19-17+;. The predicted molar refractivity (Wildman–Crippen MR) is 173 cm³/mol. The lowest BCUT2D eigenvalue weighted by Crippen LogP contribution is -2.47. The molecule has 9 nitrogen and oxygen atoms in total. The van der Waals surface area contributed by atoms with Crippen molar-refractivity contribution in [1.29, 1.82) is 0 Å². The van der Waals surface area contributed by atoms with Crippen LogP contribution in [0.4, 0.5) is 0 Å². The second-order valence-corrected chi connectivity index (χ2v) is 11.9. The average molecular weight is 658 g/mol. The van der Waals surface area contributed by atoms with Gasteiger partial charge in [-0.05, 0) is 60.8 Å². The van der Waals surface area contributed by atoms with Gasteiger partial charge in [0.05, 0.1) is 18.5 Å². The van der Waals surface area contributed by atoms with Gasteiger partial charge in [-0.1, -0.05) is 77.4 Å². The molecule has 5 rings (SSSR count). The molecule has 0 aliphatic heterocycles. The molecule has 1 atom stereocenters. The first-order valence-corrected chi connectivity index (χ1v) is 15.0. The lowest BCUT2D eigenvalue weighted by Gasteiger charge is -2.33. The molecule has 1 aliphatic carbocycles. The minimum Gasteiger partial charge on any atom is -0.489 e. The maximum absolute atomic E-state index is 11.9. The quantitative estimate of drug-likeness (QED) is 0.0629. The van der Waals surface area contributed by atoms with Gasteiger partial charge >= 0.3 is 5.97 Å². The highest BCUT2D eigenvalue weighted by Gasteiger charge is 2.58. The predicted octanol–water partition coefficient (Wildman–Crippen LogP) is 6.44. The molecular weight excluding hydrogens is 623 g/mol. The number of nitrogens with zero attached hydrogens (tertiary/aromatic N) is 3. The van der Waals surface area contributed by atoms with Crippen LogP contribution in [0.2, 0.25) is 5.02 Å². The molecular formula is C32H34Cl2N4O5S. The molecule has 1 saturated carbocycles. The van der Waals surface area contributed by atoms with E-state index in [0.29, 0.717) is 28.4 Å². The highest BCUT2D eigenvalue weighted by Crippen LogP contribution is 2.53. The van der Waals surface area contributed by atoms with Gasteiger partial charge in [0, 0.05) is 17.0 Å². The number of aromatic nitrogens is 3. The zero-order valence-corrected chi connectivity index (χ0v) is 27.0. The zero-order valence-electron chi connectivity index (χ0n) is 24.6. The maximum atomic E-state index is 11.9. The lowest BCUT2D eigenvalue weighted by atomic mass is 9.89. The number of rotatable bonds is 11. The van der Waals surface area contributed by atoms with E-state index >= 15 is 0 Å². The molecule has 4 aromatic rings. The molecule has 0 spiro atoms. The van der Waals surface area contributed by atoms with Gasteiger partial charge in [0.2, 0.25) is 0 Å². The Kier molecular flexibility index (Phi) is 11.2. The van der Waals surface area contributed by atoms with Crippen molar-refractivity contribution in [3.05, 3.63) is 111 Å². The molecule has 0 saturated heterocycles. The van der Waals surface area contributed by atoms with Crippen molar-refractivity contribution < 1.29 is 24.2 Å². The van der Waals surface area contributed by atoms with Crippen molar-refractivity contribution in [2.24, 2.45) is 5.16 Å². The number of oxime groups is 1. The number of aryl methyl sites for hydroxylation is 1. The first-order valence-electron chi connectivity index (χ1n) is 13.8. The van der Waals surface area contributed by atoms with Gasteiger partial charge in [0.15, 0.2) is 10.5 Å². The van der Waals surface area contributed by atoms with E-state index in [2.05, 4.69) is 15.2 Å². The molecule has 232 valence electrons. The summed E-state index contributed by atoms with van der Waals surface area (Å²) in [6.45, 7) is 2.53. The fraction of sp³-hybridized carbons (Fsp3) is 0.312. The molecule has 3 aromatic carbocycles. The first kappa shape index (κ1) is 33.2. The van der Waals surface area contributed by atoms with E-state index in [1.807, 2.05) is 73.7 Å². The smallest absolute Gasteiger partial charge is 0.360 e. The van der Waals surface area contributed by atoms with Crippen molar-refractivity contribution >= 4 is 47.1 Å². The number of hydrogen-bond donors (Lipinski definition) is 2. The van der Waals surface area contributed by atoms with Crippen molar-refractivity contribution in [1.82, 2.24) is 14.8 Å². The van der Waals surface area contributed by atoms with Gasteiger partial charge in [-0.15, -0.1) is 11.6 Å². The maximum Gasteiger partial charge on any atom is 0.360 e. The molecule has 2 N–H and O–H groups in total. The minimum atomic E-state index is -1.15. The number of alkyl halides is 1. The SMILES string of the molecule is CO/N=C(/C(=O)OC)c1ccccc1COc1ccccc1C.OC(Cc1ccccc1Cl)(Cn1nc[nH]c1=S)C1(Cl)CC1. The van der Waals surface area contributed by atoms with Crippen LogP contribution in [0.1, 0.15) is 35.1 Å². The number of carbonyl (C=O) groups excluding carboxylic acids is 1. The number of methoxy groups -OCH3 is 1. The number of para-hydroxylation sites is 1. The number of H-pyrrole nitrogens is 1. The normalized spacial score (nSPS) is 14.9. The van der Waals surface area contributed by atoms with Crippen LogP contribution in [-0.4, -0.2) is 56.2 Å². The summed E-state index contributed by atoms with van der Waals surface area (Å²) in [5, 5.41) is 19.7. The van der Waals surface area contributed by atoms with Crippen molar-refractivity contribution in [2.45, 2.75) is 49.8 Å². The Morgan fingerprint density at radius 2 is 1.75 bits per heavy atom. The first-order chi connectivity index (χ1) is 21.1. The van der Waals surface area contributed by atoms with Crippen LogP contribution in [0.3, 0.4) is 0 Å². The monoisotopic (exact) mass is 656 g/mol. The fourth-order valence-corrected chi connectivity index (χ4v) is 5.25. The van der Waals surface area contributed by atoms with Gasteiger partial charge in [-0.25, -0.2) is 9.48 Å². The highest BCUT2D eigenvalue weighted by atomic mass is 35.5. The van der Waals surface area contributed by atoms with Crippen molar-refractivity contribution in [3.8, 4) is 5.75 Å². The molecule has 1 fully saturated rings. The van der Waals surface area contributed by atoms with Crippen LogP contribution in [0, 0.1) is 11.7 Å². The number of ether oxygens (including phenoxy) is 2. The van der Waals surface area contributed by atoms with Crippen molar-refractivity contribution in [2.75, 3.05) is 14.2 Å². The number of carbonyl (C=O) groups is 1. The Morgan fingerprint density at radius 1 is 1.09 bits per heavy atom. The van der Waals surface area contributed by atoms with Gasteiger partial charge in [-0.3, -0.25) is 0 Å². The molecule has 1 aromatic heterocycles. The number of nitrogens with one attached hydrogen (secondary N) is 1. The molecule has 1 aliphatic rings. The van der Waals surface area contributed by atoms with E-state index in [9.17, 15) is 9.90 Å². The summed E-state index contributed by atoms with van der Waals surface area (Å²) >= 11 is 17.9. The van der Waals surface area contributed by atoms with E-state index in [-0.39, 0.29) is 12.3 Å². The number of aliphatic hydroxyl groups is 1. The third-order valence-corrected chi connectivity index (χ3v) is 8.73. The lowest BCUT2D eigenvalue weighted by molar-refractivity contribution is -0.132. The van der Waals surface area contributed by atoms with E-state index in [4.69, 9.17) is 49.7 Å². The molecule has 0 amide bonds. The van der Waals surface area contributed by atoms with Gasteiger partial charge in [0.25, 0.3) is 0 Å². The van der Waals surface area contributed by atoms with Gasteiger partial charge in [0.1, 0.15) is 31.4 Å². The topological polar surface area (TPSA) is 111 Å². The number of aromatic amines is 1. The summed E-state index contributed by atoms with van der Waals surface area (Å²) in [7, 11) is 2.69. The summed E-state index contributed by atoms with van der Waals surface area (Å²) in [5.41, 5.74) is 2.32. The third-order valence-electron chi connectivity index (χ3n) is 7.31. The second-order valence-electron chi connectivity index (χ2n) is 10.3. The van der Waals surface area contributed by atoms with Crippen LogP contribution < -0.4 is 4.74 Å². The second kappa shape index (κ2) is 14.9. The Morgan fingerprint density at radius 3 is 2.36 bits per heavy atom. The van der Waals surface area contributed by atoms with E-state index in [1.54, 1.807) is 10.7 Å². The van der Waals surface area contributed by atoms with Crippen LogP contribution in [0.25, 0.3) is 0 Å². The number of hydrogen-bond acceptors (Lipinski definition) is 8. The highest BCUT2D eigenvalue weighted by molar-refractivity contribution is 7.71. The van der Waals surface area contributed by atoms with E-state index in [0.717, 1.165) is 35.3 Å². The summed E-state index contributed by atoms with van der Waals surface area (Å²) in [6, 6.07) is 22.6. The van der Waals surface area contributed by atoms with Crippen molar-refractivity contribution in [3.63, 3.8) is 0 Å². The summed E-state index contributed by atoms with van der Waals surface area (Å²) in [4.78, 5) is 18.9. The van der Waals surface area contributed by atoms with Crippen LogP contribution >= 0.6 is 35.4 Å². The largest absolute Gasteiger partial charge is 0.489 e. The molecule has 12 heteroatoms. The molecule has 44 heavy (non-hydrogen) atoms. The van der Waals surface area contributed by atoms with Crippen LogP contribution in [0.15, 0.2) is 84.3 Å². The summed E-state index contributed by atoms with van der Waals surface area (Å²) in [5.74, 6) is 0.237. The van der Waals surface area contributed by atoms with Crippen LogP contribution in [0.5, 0.6) is 5.75 Å². The molecule has 0 bridgehead atoms. The molecule has 1 unspecified atom stereocenters. The fourth-order valence-electron chi connectivity index (χ4n) is 4.66. The average Bonchev–Trinajstić information content (AvgIpc) is 3.67. The molecule has 0 radical (unpaired) electrons. The molecule has 1 heterocycles. The van der Waals surface area contributed by atoms with E-state index < -0.39 is 16.4 Å². The number of halogens is 2. The van der Waals surface area contributed by atoms with Crippen LogP contribution in [-0.2, 0) is 33.9 Å². The Hall–Kier alpha value is -3.70. The van der Waals surface area contributed by atoms with Gasteiger partial charge < -0.3 is 24.4 Å².